The van der Waals surface area contributed by atoms with Gasteiger partial charge < -0.3 is 15.4 Å². The number of carbonyl (C=O) groups is 3. The van der Waals surface area contributed by atoms with E-state index in [4.69, 9.17) is 9.94 Å². The summed E-state index contributed by atoms with van der Waals surface area (Å²) in [5.74, 6) is -1.33. The third-order valence-electron chi connectivity index (χ3n) is 2.84. The second kappa shape index (κ2) is 8.88. The Bertz CT molecular complexity index is 569. The van der Waals surface area contributed by atoms with E-state index < -0.39 is 36.1 Å². The summed E-state index contributed by atoms with van der Waals surface area (Å²) in [5.41, 5.74) is 1.55. The molecule has 0 heterocycles. The van der Waals surface area contributed by atoms with Crippen LogP contribution in [0.3, 0.4) is 0 Å². The van der Waals surface area contributed by atoms with Gasteiger partial charge in [-0.15, -0.1) is 0 Å². The molecule has 0 unspecified atom stereocenters. The lowest BCUT2D eigenvalue weighted by Crippen LogP contribution is -2.50. The Balaban J connectivity index is 2.76. The molecule has 0 aliphatic rings. The van der Waals surface area contributed by atoms with Gasteiger partial charge in [0.2, 0.25) is 5.91 Å². The topological polar surface area (TPSA) is 117 Å². The highest BCUT2D eigenvalue weighted by atomic mass is 16.6. The fraction of sp³-hybridized carbons (Fsp3) is 0.438. The van der Waals surface area contributed by atoms with Crippen molar-refractivity contribution in [3.8, 4) is 0 Å². The van der Waals surface area contributed by atoms with Gasteiger partial charge in [0.05, 0.1) is 6.54 Å². The number of hydrogen-bond acceptors (Lipinski definition) is 5. The van der Waals surface area contributed by atoms with E-state index in [2.05, 4.69) is 10.6 Å². The van der Waals surface area contributed by atoms with Gasteiger partial charge >= 0.3 is 6.09 Å². The minimum absolute atomic E-state index is 0.229. The Kier molecular flexibility index (Phi) is 7.19. The lowest BCUT2D eigenvalue weighted by atomic mass is 10.1. The molecule has 0 aromatic heterocycles. The smallest absolute Gasteiger partial charge is 0.408 e. The number of benzene rings is 1. The molecule has 24 heavy (non-hydrogen) atoms. The molecule has 0 aliphatic heterocycles. The molecule has 1 atom stereocenters. The van der Waals surface area contributed by atoms with Crippen LogP contribution < -0.4 is 16.1 Å². The van der Waals surface area contributed by atoms with Crippen molar-refractivity contribution in [1.82, 2.24) is 16.1 Å². The summed E-state index contributed by atoms with van der Waals surface area (Å²) in [6.07, 6.45) is -0.502. The molecule has 4 N–H and O–H groups in total. The molecule has 8 nitrogen and oxygen atoms in total. The number of nitrogens with one attached hydrogen (secondary N) is 3. The Morgan fingerprint density at radius 3 is 2.33 bits per heavy atom. The molecule has 0 aliphatic carbocycles. The highest BCUT2D eigenvalue weighted by molar-refractivity contribution is 5.89. The van der Waals surface area contributed by atoms with Crippen molar-refractivity contribution >= 4 is 17.9 Å². The van der Waals surface area contributed by atoms with Crippen LogP contribution >= 0.6 is 0 Å². The average molecular weight is 337 g/mol. The predicted octanol–water partition coefficient (Wildman–Crippen LogP) is 0.744. The summed E-state index contributed by atoms with van der Waals surface area (Å²) in [6, 6.07) is 8.18. The van der Waals surface area contributed by atoms with E-state index in [1.165, 1.54) is 5.48 Å². The van der Waals surface area contributed by atoms with E-state index >= 15 is 0 Å². The summed E-state index contributed by atoms with van der Waals surface area (Å²) in [6.45, 7) is 4.73. The first-order chi connectivity index (χ1) is 11.2. The van der Waals surface area contributed by atoms with E-state index in [9.17, 15) is 14.4 Å². The first kappa shape index (κ1) is 19.4. The lowest BCUT2D eigenvalue weighted by molar-refractivity contribution is -0.131. The Morgan fingerprint density at radius 1 is 1.17 bits per heavy atom. The van der Waals surface area contributed by atoms with Crippen LogP contribution in [0.15, 0.2) is 30.3 Å². The fourth-order valence-electron chi connectivity index (χ4n) is 1.84. The molecule has 0 radical (unpaired) electrons. The van der Waals surface area contributed by atoms with Crippen LogP contribution in [0.2, 0.25) is 0 Å². The number of rotatable bonds is 6. The van der Waals surface area contributed by atoms with Crippen LogP contribution in [-0.2, 0) is 20.7 Å². The zero-order valence-corrected chi connectivity index (χ0v) is 14.0. The van der Waals surface area contributed by atoms with Gasteiger partial charge in [-0.05, 0) is 26.3 Å². The van der Waals surface area contributed by atoms with Crippen molar-refractivity contribution in [2.45, 2.75) is 38.8 Å². The largest absolute Gasteiger partial charge is 0.444 e. The van der Waals surface area contributed by atoms with Crippen LogP contribution in [0.1, 0.15) is 26.3 Å². The van der Waals surface area contributed by atoms with E-state index in [1.54, 1.807) is 20.8 Å². The number of hydroxylamine groups is 1. The quantitative estimate of drug-likeness (QED) is 0.451. The average Bonchev–Trinajstić information content (AvgIpc) is 2.50. The molecule has 1 aromatic rings. The Labute approximate surface area is 140 Å². The molecule has 0 bridgehead atoms. The minimum atomic E-state index is -0.922. The molecule has 0 saturated carbocycles. The van der Waals surface area contributed by atoms with Gasteiger partial charge in [0, 0.05) is 6.42 Å². The van der Waals surface area contributed by atoms with Crippen LogP contribution in [-0.4, -0.2) is 41.3 Å². The highest BCUT2D eigenvalue weighted by Crippen LogP contribution is 2.08. The third kappa shape index (κ3) is 7.59. The fourth-order valence-corrected chi connectivity index (χ4v) is 1.84. The summed E-state index contributed by atoms with van der Waals surface area (Å²) in [5, 5.41) is 13.3. The lowest BCUT2D eigenvalue weighted by Gasteiger charge is -2.23. The number of carbonyl (C=O) groups excluding carboxylic acids is 3. The third-order valence-corrected chi connectivity index (χ3v) is 2.84. The van der Waals surface area contributed by atoms with Gasteiger partial charge in [0.15, 0.2) is 0 Å². The summed E-state index contributed by atoms with van der Waals surface area (Å²) in [7, 11) is 0. The molecule has 8 heteroatoms. The first-order valence-corrected chi connectivity index (χ1v) is 7.45. The van der Waals surface area contributed by atoms with Gasteiger partial charge in [-0.25, -0.2) is 10.3 Å². The zero-order valence-electron chi connectivity index (χ0n) is 14.0. The summed E-state index contributed by atoms with van der Waals surface area (Å²) >= 11 is 0. The van der Waals surface area contributed by atoms with E-state index in [1.807, 2.05) is 30.3 Å². The summed E-state index contributed by atoms with van der Waals surface area (Å²) < 4.78 is 5.15. The monoisotopic (exact) mass is 337 g/mol. The highest BCUT2D eigenvalue weighted by Gasteiger charge is 2.24. The molecule has 3 amide bonds. The molecule has 0 fully saturated rings. The molecule has 132 valence electrons. The molecular weight excluding hydrogens is 314 g/mol. The van der Waals surface area contributed by atoms with E-state index in [-0.39, 0.29) is 6.42 Å². The van der Waals surface area contributed by atoms with Crippen molar-refractivity contribution in [3.63, 3.8) is 0 Å². The van der Waals surface area contributed by atoms with Gasteiger partial charge in [0.25, 0.3) is 5.91 Å². The van der Waals surface area contributed by atoms with Gasteiger partial charge in [-0.2, -0.15) is 0 Å². The minimum Gasteiger partial charge on any atom is -0.444 e. The Morgan fingerprint density at radius 2 is 1.79 bits per heavy atom. The maximum Gasteiger partial charge on any atom is 0.408 e. The summed E-state index contributed by atoms with van der Waals surface area (Å²) in [4.78, 5) is 35.2. The van der Waals surface area contributed by atoms with Crippen molar-refractivity contribution in [2.75, 3.05) is 6.54 Å². The standard InChI is InChI=1S/C16H23N3O5/c1-16(2,3)24-15(22)18-12(9-11-7-5-4-6-8-11)14(21)17-10-13(20)19-23/h4-8,12,23H,9-10H2,1-3H3,(H,17,21)(H,18,22)(H,19,20)/t12-/m0/s1. The number of amides is 3. The second-order valence-corrected chi connectivity index (χ2v) is 6.14. The van der Waals surface area contributed by atoms with Crippen molar-refractivity contribution in [1.29, 1.82) is 0 Å². The maximum atomic E-state index is 12.2. The first-order valence-electron chi connectivity index (χ1n) is 7.45. The van der Waals surface area contributed by atoms with Crippen molar-refractivity contribution in [2.24, 2.45) is 0 Å². The SMILES string of the molecule is CC(C)(C)OC(=O)N[C@@H](Cc1ccccc1)C(=O)NCC(=O)NO. The van der Waals surface area contributed by atoms with Crippen molar-refractivity contribution < 1.29 is 24.3 Å². The molecule has 1 rings (SSSR count). The molecular formula is C16H23N3O5. The van der Waals surface area contributed by atoms with Gasteiger partial charge in [0.1, 0.15) is 11.6 Å². The predicted molar refractivity (Wildman–Crippen MR) is 86.2 cm³/mol. The van der Waals surface area contributed by atoms with Crippen LogP contribution in [0.4, 0.5) is 4.79 Å². The van der Waals surface area contributed by atoms with E-state index in [0.29, 0.717) is 0 Å². The van der Waals surface area contributed by atoms with Crippen LogP contribution in [0.25, 0.3) is 0 Å². The van der Waals surface area contributed by atoms with Crippen LogP contribution in [0, 0.1) is 0 Å². The maximum absolute atomic E-state index is 12.2. The Hall–Kier alpha value is -2.61. The molecule has 1 aromatic carbocycles. The van der Waals surface area contributed by atoms with E-state index in [0.717, 1.165) is 5.56 Å². The molecule has 0 spiro atoms. The second-order valence-electron chi connectivity index (χ2n) is 6.14. The van der Waals surface area contributed by atoms with Gasteiger partial charge in [-0.1, -0.05) is 30.3 Å². The number of alkyl carbamates (subject to hydrolysis) is 1. The molecule has 0 saturated heterocycles. The van der Waals surface area contributed by atoms with Crippen molar-refractivity contribution in [3.05, 3.63) is 35.9 Å². The number of ether oxygens (including phenoxy) is 1. The van der Waals surface area contributed by atoms with Crippen LogP contribution in [0.5, 0.6) is 0 Å². The van der Waals surface area contributed by atoms with Gasteiger partial charge in [-0.3, -0.25) is 14.8 Å². The normalized spacial score (nSPS) is 12.0. The number of hydrogen-bond donors (Lipinski definition) is 4. The zero-order chi connectivity index (χ0) is 18.2.